The Bertz CT molecular complexity index is 420. The lowest BCUT2D eigenvalue weighted by atomic mass is 9.88. The molecule has 0 saturated carbocycles. The SMILES string of the molecule is CCCCCC[C@]1(C)[C@H]2SCC(=O)N2CC[NH+]1CC(=O)NN. The van der Waals surface area contributed by atoms with Crippen LogP contribution in [0.2, 0.25) is 0 Å². The Balaban J connectivity index is 2.10. The van der Waals surface area contributed by atoms with Gasteiger partial charge < -0.3 is 9.80 Å². The number of piperazine rings is 1. The van der Waals surface area contributed by atoms with Gasteiger partial charge in [0, 0.05) is 6.42 Å². The summed E-state index contributed by atoms with van der Waals surface area (Å²) >= 11 is 1.74. The standard InChI is InChI=1S/C15H28N4O2S/c1-3-4-5-6-7-15(2)14-19(13(21)11-22-14)9-8-18(15)10-12(20)17-16/h14H,3-11,16H2,1-2H3,(H,17,20)/p+1/t14-,15-/m1/s1. The topological polar surface area (TPSA) is 79.9 Å². The van der Waals surface area contributed by atoms with E-state index in [0.717, 1.165) is 25.9 Å². The largest absolute Gasteiger partial charge is 0.319 e. The third-order valence-electron chi connectivity index (χ3n) is 5.06. The van der Waals surface area contributed by atoms with Gasteiger partial charge in [-0.25, -0.2) is 5.84 Å². The van der Waals surface area contributed by atoms with E-state index in [1.54, 1.807) is 11.8 Å². The maximum atomic E-state index is 12.1. The maximum Gasteiger partial charge on any atom is 0.289 e. The molecule has 6 nitrogen and oxygen atoms in total. The Morgan fingerprint density at radius 3 is 2.95 bits per heavy atom. The Labute approximate surface area is 137 Å². The summed E-state index contributed by atoms with van der Waals surface area (Å²) in [5, 5.41) is 0.191. The molecule has 2 amide bonds. The van der Waals surface area contributed by atoms with Crippen LogP contribution in [0.15, 0.2) is 0 Å². The van der Waals surface area contributed by atoms with E-state index in [1.807, 2.05) is 4.90 Å². The van der Waals surface area contributed by atoms with Crippen LogP contribution in [0.1, 0.15) is 46.0 Å². The van der Waals surface area contributed by atoms with Gasteiger partial charge in [0.15, 0.2) is 6.54 Å². The van der Waals surface area contributed by atoms with E-state index in [2.05, 4.69) is 19.3 Å². The van der Waals surface area contributed by atoms with Gasteiger partial charge in [-0.3, -0.25) is 15.0 Å². The number of carbonyl (C=O) groups is 2. The first-order valence-corrected chi connectivity index (χ1v) is 9.33. The highest BCUT2D eigenvalue weighted by atomic mass is 32.2. The minimum atomic E-state index is -0.127. The molecule has 126 valence electrons. The summed E-state index contributed by atoms with van der Waals surface area (Å²) in [6.07, 6.45) is 5.87. The molecular weight excluding hydrogens is 300 g/mol. The van der Waals surface area contributed by atoms with Crippen LogP contribution in [0.3, 0.4) is 0 Å². The van der Waals surface area contributed by atoms with E-state index in [1.165, 1.54) is 24.2 Å². The number of quaternary nitrogens is 1. The zero-order valence-electron chi connectivity index (χ0n) is 13.7. The molecule has 2 heterocycles. The number of amides is 2. The summed E-state index contributed by atoms with van der Waals surface area (Å²) in [5.41, 5.74) is 2.17. The molecule has 2 aliphatic heterocycles. The molecule has 0 radical (unpaired) electrons. The van der Waals surface area contributed by atoms with Crippen molar-refractivity contribution in [3.8, 4) is 0 Å². The fourth-order valence-corrected chi connectivity index (χ4v) is 5.22. The first-order chi connectivity index (χ1) is 10.5. The van der Waals surface area contributed by atoms with Crippen LogP contribution >= 0.6 is 11.8 Å². The van der Waals surface area contributed by atoms with Crippen molar-refractivity contribution in [2.24, 2.45) is 5.84 Å². The molecule has 7 heteroatoms. The number of fused-ring (bicyclic) bond motifs is 1. The van der Waals surface area contributed by atoms with Crippen molar-refractivity contribution in [3.05, 3.63) is 0 Å². The van der Waals surface area contributed by atoms with Gasteiger partial charge >= 0.3 is 0 Å². The number of nitrogens with zero attached hydrogens (tertiary/aromatic N) is 1. The predicted octanol–water partition coefficient (Wildman–Crippen LogP) is -0.495. The lowest BCUT2D eigenvalue weighted by molar-refractivity contribution is -0.950. The molecule has 0 bridgehead atoms. The average Bonchev–Trinajstić information content (AvgIpc) is 2.89. The number of hydrazine groups is 1. The minimum absolute atomic E-state index is 0.0741. The van der Waals surface area contributed by atoms with Crippen LogP contribution in [0, 0.1) is 0 Å². The highest BCUT2D eigenvalue weighted by molar-refractivity contribution is 8.01. The fourth-order valence-electron chi connectivity index (χ4n) is 3.69. The van der Waals surface area contributed by atoms with E-state index in [9.17, 15) is 9.59 Å². The van der Waals surface area contributed by atoms with Crippen molar-refractivity contribution in [2.45, 2.75) is 56.9 Å². The van der Waals surface area contributed by atoms with Gasteiger partial charge in [0.25, 0.3) is 5.91 Å². The number of nitrogens with two attached hydrogens (primary N) is 1. The summed E-state index contributed by atoms with van der Waals surface area (Å²) in [5.74, 6) is 5.96. The number of thioether (sulfide) groups is 1. The van der Waals surface area contributed by atoms with Crippen LogP contribution in [0.4, 0.5) is 0 Å². The van der Waals surface area contributed by atoms with Crippen LogP contribution in [0.5, 0.6) is 0 Å². The first kappa shape index (κ1) is 17.6. The zero-order valence-corrected chi connectivity index (χ0v) is 14.5. The summed E-state index contributed by atoms with van der Waals surface area (Å²) in [6.45, 7) is 6.40. The fraction of sp³-hybridized carbons (Fsp3) is 0.867. The quantitative estimate of drug-likeness (QED) is 0.255. The second kappa shape index (κ2) is 7.66. The molecule has 2 aliphatic rings. The van der Waals surface area contributed by atoms with Crippen molar-refractivity contribution in [1.82, 2.24) is 10.3 Å². The second-order valence-electron chi connectivity index (χ2n) is 6.58. The smallest absolute Gasteiger partial charge is 0.289 e. The van der Waals surface area contributed by atoms with Gasteiger partial charge in [-0.15, -0.1) is 11.8 Å². The molecule has 2 fully saturated rings. The Kier molecular flexibility index (Phi) is 6.11. The van der Waals surface area contributed by atoms with Crippen LogP contribution < -0.4 is 16.2 Å². The molecular formula is C15H29N4O2S+. The summed E-state index contributed by atoms with van der Waals surface area (Å²) in [4.78, 5) is 27.1. The Morgan fingerprint density at radius 2 is 2.27 bits per heavy atom. The van der Waals surface area contributed by atoms with Crippen molar-refractivity contribution >= 4 is 23.6 Å². The molecule has 22 heavy (non-hydrogen) atoms. The summed E-state index contributed by atoms with van der Waals surface area (Å²) < 4.78 is 0. The molecule has 1 unspecified atom stereocenters. The molecule has 0 aromatic rings. The second-order valence-corrected chi connectivity index (χ2v) is 7.64. The van der Waals surface area contributed by atoms with E-state index < -0.39 is 0 Å². The van der Waals surface area contributed by atoms with Crippen LogP contribution in [-0.2, 0) is 9.59 Å². The summed E-state index contributed by atoms with van der Waals surface area (Å²) in [7, 11) is 0. The Hall–Kier alpha value is -0.790. The van der Waals surface area contributed by atoms with Gasteiger partial charge in [0.05, 0.1) is 18.8 Å². The van der Waals surface area contributed by atoms with Gasteiger partial charge in [0.1, 0.15) is 10.9 Å². The number of unbranched alkanes of at least 4 members (excludes halogenated alkanes) is 3. The molecule has 0 aliphatic carbocycles. The minimum Gasteiger partial charge on any atom is -0.319 e. The van der Waals surface area contributed by atoms with Gasteiger partial charge in [-0.2, -0.15) is 0 Å². The molecule has 2 rings (SSSR count). The van der Waals surface area contributed by atoms with E-state index in [4.69, 9.17) is 5.84 Å². The highest BCUT2D eigenvalue weighted by Gasteiger charge is 2.54. The number of hydrogen-bond acceptors (Lipinski definition) is 4. The van der Waals surface area contributed by atoms with Gasteiger partial charge in [-0.05, 0) is 13.3 Å². The van der Waals surface area contributed by atoms with Gasteiger partial charge in [0.2, 0.25) is 5.91 Å². The van der Waals surface area contributed by atoms with Crippen molar-refractivity contribution in [2.75, 3.05) is 25.4 Å². The van der Waals surface area contributed by atoms with E-state index in [0.29, 0.717) is 12.3 Å². The van der Waals surface area contributed by atoms with Crippen molar-refractivity contribution < 1.29 is 14.5 Å². The highest BCUT2D eigenvalue weighted by Crippen LogP contribution is 2.35. The van der Waals surface area contributed by atoms with Crippen LogP contribution in [0.25, 0.3) is 0 Å². The molecule has 2 saturated heterocycles. The monoisotopic (exact) mass is 329 g/mol. The molecule has 0 aromatic carbocycles. The van der Waals surface area contributed by atoms with Crippen LogP contribution in [-0.4, -0.2) is 53.0 Å². The number of nitrogens with one attached hydrogen (secondary N) is 2. The molecule has 3 atom stereocenters. The molecule has 4 N–H and O–H groups in total. The van der Waals surface area contributed by atoms with Gasteiger partial charge in [-0.1, -0.05) is 26.2 Å². The number of hydrogen-bond donors (Lipinski definition) is 3. The summed E-state index contributed by atoms with van der Waals surface area (Å²) in [6, 6.07) is 0. The lowest BCUT2D eigenvalue weighted by Gasteiger charge is -2.48. The zero-order chi connectivity index (χ0) is 16.2. The normalized spacial score (nSPS) is 31.2. The molecule has 0 aromatic heterocycles. The third-order valence-corrected chi connectivity index (χ3v) is 6.56. The van der Waals surface area contributed by atoms with Crippen molar-refractivity contribution in [3.63, 3.8) is 0 Å². The number of carbonyl (C=O) groups excluding carboxylic acids is 2. The first-order valence-electron chi connectivity index (χ1n) is 8.28. The Morgan fingerprint density at radius 1 is 1.50 bits per heavy atom. The molecule has 0 spiro atoms. The lowest BCUT2D eigenvalue weighted by Crippen LogP contribution is -3.24. The maximum absolute atomic E-state index is 12.1. The van der Waals surface area contributed by atoms with E-state index >= 15 is 0 Å². The number of rotatable bonds is 7. The van der Waals surface area contributed by atoms with E-state index in [-0.39, 0.29) is 22.7 Å². The average molecular weight is 329 g/mol. The van der Waals surface area contributed by atoms with Crippen molar-refractivity contribution in [1.29, 1.82) is 0 Å². The third kappa shape index (κ3) is 3.58. The predicted molar refractivity (Wildman–Crippen MR) is 88.1 cm³/mol.